The Labute approximate surface area is 136 Å². The summed E-state index contributed by atoms with van der Waals surface area (Å²) in [6, 6.07) is 17.4. The molecule has 0 aromatic heterocycles. The lowest BCUT2D eigenvalue weighted by Crippen LogP contribution is -1.83. The van der Waals surface area contributed by atoms with Gasteiger partial charge in [0.25, 0.3) is 0 Å². The highest BCUT2D eigenvalue weighted by Crippen LogP contribution is 2.36. The molecular weight excluding hydrogens is 446 g/mol. The fraction of sp³-hybridized carbons (Fsp3) is 0.125. The maximum absolute atomic E-state index is 2.43. The first-order valence-electron chi connectivity index (χ1n) is 5.77. The van der Waals surface area contributed by atoms with E-state index >= 15 is 0 Å². The zero-order valence-corrected chi connectivity index (χ0v) is 14.7. The molecule has 0 heterocycles. The second-order valence-electron chi connectivity index (χ2n) is 4.36. The van der Waals surface area contributed by atoms with Crippen LogP contribution in [0.5, 0.6) is 0 Å². The van der Waals surface area contributed by atoms with Crippen LogP contribution in [0.1, 0.15) is 22.3 Å². The van der Waals surface area contributed by atoms with Crippen molar-refractivity contribution in [1.29, 1.82) is 0 Å². The van der Waals surface area contributed by atoms with E-state index in [4.69, 9.17) is 0 Å². The molecule has 0 N–H and O–H groups in total. The first-order chi connectivity index (χ1) is 8.58. The van der Waals surface area contributed by atoms with Gasteiger partial charge in [-0.25, -0.2) is 0 Å². The molecule has 0 bridgehead atoms. The number of benzene rings is 2. The lowest BCUT2D eigenvalue weighted by molar-refractivity contribution is 1.46. The van der Waals surface area contributed by atoms with E-state index < -0.39 is 0 Å². The third-order valence-corrected chi connectivity index (χ3v) is 6.16. The van der Waals surface area contributed by atoms with Gasteiger partial charge in [0, 0.05) is 7.16 Å². The lowest BCUT2D eigenvalue weighted by Gasteiger charge is -2.06. The van der Waals surface area contributed by atoms with Crippen LogP contribution in [-0.4, -0.2) is 0 Å². The summed E-state index contributed by atoms with van der Waals surface area (Å²) in [6.45, 7) is 4.23. The van der Waals surface area contributed by atoms with Crippen molar-refractivity contribution in [3.8, 4) is 0 Å². The Morgan fingerprint density at radius 3 is 1.17 bits per heavy atom. The topological polar surface area (TPSA) is 0 Å². The molecule has 2 rings (SSSR count). The Bertz CT molecular complexity index is 510. The highest BCUT2D eigenvalue weighted by molar-refractivity contribution is 14.1. The SMILES string of the molecule is Cc1ccc(/C(I)=C(/I)c2ccc(C)cc2)cc1. The average molecular weight is 460 g/mol. The third kappa shape index (κ3) is 3.35. The molecule has 0 fully saturated rings. The summed E-state index contributed by atoms with van der Waals surface area (Å²) in [5, 5.41) is 0. The smallest absolute Gasteiger partial charge is 0.0342 e. The standard InChI is InChI=1S/C16H14I2/c1-11-3-7-13(8-4-11)15(17)16(18)14-9-5-12(2)6-10-14/h3-10H,1-2H3/b16-15-. The van der Waals surface area contributed by atoms with Crippen LogP contribution < -0.4 is 0 Å². The Morgan fingerprint density at radius 2 is 0.889 bits per heavy atom. The zero-order valence-electron chi connectivity index (χ0n) is 10.4. The van der Waals surface area contributed by atoms with Crippen LogP contribution in [-0.2, 0) is 0 Å². The molecule has 2 aromatic carbocycles. The first-order valence-corrected chi connectivity index (χ1v) is 7.93. The Hall–Kier alpha value is -0.360. The molecule has 0 spiro atoms. The van der Waals surface area contributed by atoms with E-state index in [1.807, 2.05) is 0 Å². The van der Waals surface area contributed by atoms with Gasteiger partial charge in [-0.1, -0.05) is 59.7 Å². The number of rotatable bonds is 2. The van der Waals surface area contributed by atoms with Crippen LogP contribution in [0.15, 0.2) is 48.5 Å². The predicted molar refractivity (Wildman–Crippen MR) is 97.2 cm³/mol. The van der Waals surface area contributed by atoms with Crippen LogP contribution >= 0.6 is 45.2 Å². The molecule has 0 unspecified atom stereocenters. The van der Waals surface area contributed by atoms with Crippen molar-refractivity contribution in [2.45, 2.75) is 13.8 Å². The highest BCUT2D eigenvalue weighted by atomic mass is 127. The molecule has 18 heavy (non-hydrogen) atoms. The molecule has 0 aliphatic rings. The van der Waals surface area contributed by atoms with E-state index in [-0.39, 0.29) is 0 Å². The van der Waals surface area contributed by atoms with Crippen LogP contribution in [0.2, 0.25) is 0 Å². The molecule has 0 aliphatic heterocycles. The molecule has 0 saturated carbocycles. The molecule has 0 amide bonds. The molecular formula is C16H14I2. The minimum atomic E-state index is 1.28. The number of aryl methyl sites for hydroxylation is 2. The molecule has 0 nitrogen and oxygen atoms in total. The molecule has 2 aromatic rings. The fourth-order valence-electron chi connectivity index (χ4n) is 1.65. The number of hydrogen-bond acceptors (Lipinski definition) is 0. The highest BCUT2D eigenvalue weighted by Gasteiger charge is 2.06. The van der Waals surface area contributed by atoms with Gasteiger partial charge in [-0.3, -0.25) is 0 Å². The average Bonchev–Trinajstić information content (AvgIpc) is 2.39. The molecule has 2 heteroatoms. The van der Waals surface area contributed by atoms with Crippen molar-refractivity contribution >= 4 is 52.3 Å². The van der Waals surface area contributed by atoms with Crippen molar-refractivity contribution < 1.29 is 0 Å². The van der Waals surface area contributed by atoms with Crippen LogP contribution in [0.4, 0.5) is 0 Å². The van der Waals surface area contributed by atoms with Gasteiger partial charge in [0.2, 0.25) is 0 Å². The van der Waals surface area contributed by atoms with Gasteiger partial charge in [0.05, 0.1) is 0 Å². The van der Waals surface area contributed by atoms with Gasteiger partial charge in [-0.2, -0.15) is 0 Å². The molecule has 0 atom stereocenters. The van der Waals surface area contributed by atoms with E-state index in [1.54, 1.807) is 0 Å². The minimum Gasteiger partial charge on any atom is -0.0587 e. The Morgan fingerprint density at radius 1 is 0.611 bits per heavy atom. The van der Waals surface area contributed by atoms with Crippen molar-refractivity contribution in [3.63, 3.8) is 0 Å². The van der Waals surface area contributed by atoms with E-state index in [1.165, 1.54) is 29.4 Å². The Kier molecular flexibility index (Phi) is 4.84. The van der Waals surface area contributed by atoms with Crippen LogP contribution in [0.3, 0.4) is 0 Å². The normalized spacial score (nSPS) is 12.2. The summed E-state index contributed by atoms with van der Waals surface area (Å²) in [4.78, 5) is 0. The first kappa shape index (κ1) is 14.1. The third-order valence-electron chi connectivity index (χ3n) is 2.80. The molecule has 92 valence electrons. The van der Waals surface area contributed by atoms with Crippen molar-refractivity contribution in [2.24, 2.45) is 0 Å². The van der Waals surface area contributed by atoms with Gasteiger partial charge < -0.3 is 0 Å². The molecule has 0 radical (unpaired) electrons. The molecule has 0 saturated heterocycles. The summed E-state index contributed by atoms with van der Waals surface area (Å²) >= 11 is 4.86. The predicted octanol–water partition coefficient (Wildman–Crippen LogP) is 6.00. The second-order valence-corrected chi connectivity index (χ2v) is 6.52. The molecule has 0 aliphatic carbocycles. The van der Waals surface area contributed by atoms with Crippen molar-refractivity contribution in [1.82, 2.24) is 0 Å². The van der Waals surface area contributed by atoms with Crippen LogP contribution in [0.25, 0.3) is 7.16 Å². The van der Waals surface area contributed by atoms with E-state index in [0.717, 1.165) is 0 Å². The minimum absolute atomic E-state index is 1.28. The second kappa shape index (κ2) is 6.19. The zero-order chi connectivity index (χ0) is 13.1. The van der Waals surface area contributed by atoms with Crippen LogP contribution in [0, 0.1) is 13.8 Å². The van der Waals surface area contributed by atoms with Gasteiger partial charge in [0.15, 0.2) is 0 Å². The quantitative estimate of drug-likeness (QED) is 0.381. The summed E-state index contributed by atoms with van der Waals surface area (Å²) < 4.78 is 2.61. The lowest BCUT2D eigenvalue weighted by atomic mass is 10.1. The number of hydrogen-bond donors (Lipinski definition) is 0. The summed E-state index contributed by atoms with van der Waals surface area (Å²) in [5.74, 6) is 0. The summed E-state index contributed by atoms with van der Waals surface area (Å²) in [7, 11) is 0. The van der Waals surface area contributed by atoms with Gasteiger partial charge in [-0.15, -0.1) is 0 Å². The monoisotopic (exact) mass is 460 g/mol. The van der Waals surface area contributed by atoms with Crippen molar-refractivity contribution in [3.05, 3.63) is 70.8 Å². The van der Waals surface area contributed by atoms with Gasteiger partial charge in [-0.05, 0) is 70.2 Å². The van der Waals surface area contributed by atoms with Gasteiger partial charge >= 0.3 is 0 Å². The van der Waals surface area contributed by atoms with Crippen molar-refractivity contribution in [2.75, 3.05) is 0 Å². The Balaban J connectivity index is 2.40. The maximum Gasteiger partial charge on any atom is 0.0342 e. The van der Waals surface area contributed by atoms with E-state index in [2.05, 4.69) is 108 Å². The summed E-state index contributed by atoms with van der Waals surface area (Å²) in [5.41, 5.74) is 5.17. The maximum atomic E-state index is 2.43. The van der Waals surface area contributed by atoms with E-state index in [9.17, 15) is 0 Å². The number of halogens is 2. The van der Waals surface area contributed by atoms with E-state index in [0.29, 0.717) is 0 Å². The van der Waals surface area contributed by atoms with Gasteiger partial charge in [0.1, 0.15) is 0 Å². The fourth-order valence-corrected chi connectivity index (χ4v) is 3.00. The largest absolute Gasteiger partial charge is 0.0587 e. The summed E-state index contributed by atoms with van der Waals surface area (Å²) in [6.07, 6.45) is 0.